The fraction of sp³-hybridized carbons (Fsp3) is 0.0909. The van der Waals surface area contributed by atoms with Crippen LogP contribution in [-0.4, -0.2) is 11.3 Å². The van der Waals surface area contributed by atoms with Crippen molar-refractivity contribution in [1.82, 2.24) is 4.98 Å². The first-order chi connectivity index (χ1) is 7.61. The highest BCUT2D eigenvalue weighted by atomic mass is 79.9. The number of benzene rings is 1. The molecule has 0 saturated heterocycles. The predicted molar refractivity (Wildman–Crippen MR) is 65.3 cm³/mol. The van der Waals surface area contributed by atoms with Gasteiger partial charge < -0.3 is 0 Å². The Kier molecular flexibility index (Phi) is 3.16. The SMILES string of the molecule is Cc1sc(-c2ccc(F)c(Br)c2)nc1C=O. The van der Waals surface area contributed by atoms with Crippen LogP contribution in [0.5, 0.6) is 0 Å². The van der Waals surface area contributed by atoms with Gasteiger partial charge in [-0.05, 0) is 41.1 Å². The van der Waals surface area contributed by atoms with Crippen molar-refractivity contribution >= 4 is 33.6 Å². The Morgan fingerprint density at radius 2 is 2.25 bits per heavy atom. The lowest BCUT2D eigenvalue weighted by Gasteiger charge is -1.98. The molecule has 0 N–H and O–H groups in total. The van der Waals surface area contributed by atoms with Gasteiger partial charge in [-0.15, -0.1) is 11.3 Å². The molecule has 82 valence electrons. The maximum absolute atomic E-state index is 13.0. The molecule has 0 saturated carbocycles. The van der Waals surface area contributed by atoms with Crippen molar-refractivity contribution in [2.75, 3.05) is 0 Å². The fourth-order valence-corrected chi connectivity index (χ4v) is 2.53. The second-order valence-electron chi connectivity index (χ2n) is 3.21. The third-order valence-electron chi connectivity index (χ3n) is 2.11. The van der Waals surface area contributed by atoms with Crippen molar-refractivity contribution in [3.8, 4) is 10.6 Å². The lowest BCUT2D eigenvalue weighted by Crippen LogP contribution is -1.83. The number of halogens is 2. The van der Waals surface area contributed by atoms with Crippen LogP contribution in [0.15, 0.2) is 22.7 Å². The zero-order valence-electron chi connectivity index (χ0n) is 8.33. The van der Waals surface area contributed by atoms with Crippen LogP contribution in [0.3, 0.4) is 0 Å². The minimum Gasteiger partial charge on any atom is -0.296 e. The summed E-state index contributed by atoms with van der Waals surface area (Å²) in [6.07, 6.45) is 0.730. The zero-order valence-corrected chi connectivity index (χ0v) is 10.7. The van der Waals surface area contributed by atoms with Crippen LogP contribution in [0.1, 0.15) is 15.4 Å². The molecule has 0 aliphatic rings. The minimum atomic E-state index is -0.312. The monoisotopic (exact) mass is 299 g/mol. The van der Waals surface area contributed by atoms with Gasteiger partial charge in [-0.25, -0.2) is 9.37 Å². The normalized spacial score (nSPS) is 10.4. The topological polar surface area (TPSA) is 30.0 Å². The van der Waals surface area contributed by atoms with Gasteiger partial charge in [0.2, 0.25) is 0 Å². The molecular formula is C11H7BrFNOS. The highest BCUT2D eigenvalue weighted by Gasteiger charge is 2.10. The lowest BCUT2D eigenvalue weighted by molar-refractivity contribution is 0.111. The van der Waals surface area contributed by atoms with E-state index in [1.807, 2.05) is 6.92 Å². The molecule has 2 aromatic rings. The fourth-order valence-electron chi connectivity index (χ4n) is 1.27. The van der Waals surface area contributed by atoms with E-state index in [4.69, 9.17) is 0 Å². The molecule has 0 atom stereocenters. The molecule has 0 bridgehead atoms. The Morgan fingerprint density at radius 1 is 1.50 bits per heavy atom. The van der Waals surface area contributed by atoms with Gasteiger partial charge in [-0.2, -0.15) is 0 Å². The number of hydrogen-bond donors (Lipinski definition) is 0. The van der Waals surface area contributed by atoms with Gasteiger partial charge in [0.25, 0.3) is 0 Å². The van der Waals surface area contributed by atoms with Crippen LogP contribution in [-0.2, 0) is 0 Å². The number of aromatic nitrogens is 1. The van der Waals surface area contributed by atoms with Gasteiger partial charge in [-0.3, -0.25) is 4.79 Å². The van der Waals surface area contributed by atoms with Crippen LogP contribution in [0.25, 0.3) is 10.6 Å². The highest BCUT2D eigenvalue weighted by molar-refractivity contribution is 9.10. The molecule has 2 nitrogen and oxygen atoms in total. The van der Waals surface area contributed by atoms with Crippen molar-refractivity contribution < 1.29 is 9.18 Å². The second-order valence-corrected chi connectivity index (χ2v) is 5.26. The van der Waals surface area contributed by atoms with Crippen LogP contribution in [0, 0.1) is 12.7 Å². The molecule has 0 aliphatic carbocycles. The Labute approximate surface area is 104 Å². The number of thiazole rings is 1. The average Bonchev–Trinajstić information content (AvgIpc) is 2.64. The summed E-state index contributed by atoms with van der Waals surface area (Å²) in [5, 5.41) is 0.723. The summed E-state index contributed by atoms with van der Waals surface area (Å²) in [5.41, 5.74) is 1.25. The van der Waals surface area contributed by atoms with Crippen LogP contribution in [0.2, 0.25) is 0 Å². The van der Waals surface area contributed by atoms with E-state index in [9.17, 15) is 9.18 Å². The van der Waals surface area contributed by atoms with Crippen molar-refractivity contribution in [1.29, 1.82) is 0 Å². The van der Waals surface area contributed by atoms with Crippen molar-refractivity contribution in [2.24, 2.45) is 0 Å². The first kappa shape index (κ1) is 11.4. The van der Waals surface area contributed by atoms with Crippen molar-refractivity contribution in [3.63, 3.8) is 0 Å². The number of rotatable bonds is 2. The highest BCUT2D eigenvalue weighted by Crippen LogP contribution is 2.29. The number of nitrogens with zero attached hydrogens (tertiary/aromatic N) is 1. The predicted octanol–water partition coefficient (Wildman–Crippen LogP) is 3.83. The standard InChI is InChI=1S/C11H7BrFNOS/c1-6-10(5-15)14-11(16-6)7-2-3-9(13)8(12)4-7/h2-5H,1H3. The molecule has 1 heterocycles. The van der Waals surface area contributed by atoms with Crippen LogP contribution >= 0.6 is 27.3 Å². The zero-order chi connectivity index (χ0) is 11.7. The summed E-state index contributed by atoms with van der Waals surface area (Å²) in [6, 6.07) is 4.67. The Hall–Kier alpha value is -1.07. The van der Waals surface area contributed by atoms with Gasteiger partial charge >= 0.3 is 0 Å². The third kappa shape index (κ3) is 2.05. The van der Waals surface area contributed by atoms with E-state index < -0.39 is 0 Å². The maximum Gasteiger partial charge on any atom is 0.169 e. The van der Waals surface area contributed by atoms with Crippen molar-refractivity contribution in [3.05, 3.63) is 39.1 Å². The van der Waals surface area contributed by atoms with E-state index in [0.29, 0.717) is 10.2 Å². The molecule has 2 rings (SSSR count). The molecule has 1 aromatic heterocycles. The van der Waals surface area contributed by atoms with Gasteiger partial charge in [-0.1, -0.05) is 0 Å². The van der Waals surface area contributed by atoms with E-state index in [2.05, 4.69) is 20.9 Å². The second kappa shape index (κ2) is 4.43. The maximum atomic E-state index is 13.0. The lowest BCUT2D eigenvalue weighted by atomic mass is 10.2. The molecule has 0 aliphatic heterocycles. The molecule has 0 unspecified atom stereocenters. The van der Waals surface area contributed by atoms with Crippen LogP contribution < -0.4 is 0 Å². The first-order valence-corrected chi connectivity index (χ1v) is 6.11. The number of hydrogen-bond acceptors (Lipinski definition) is 3. The third-order valence-corrected chi connectivity index (χ3v) is 3.75. The smallest absolute Gasteiger partial charge is 0.169 e. The van der Waals surface area contributed by atoms with E-state index in [1.165, 1.54) is 17.4 Å². The summed E-state index contributed by atoms with van der Waals surface area (Å²) in [4.78, 5) is 15.7. The van der Waals surface area contributed by atoms with Crippen LogP contribution in [0.4, 0.5) is 4.39 Å². The summed E-state index contributed by atoms with van der Waals surface area (Å²) < 4.78 is 13.4. The number of aldehydes is 1. The quantitative estimate of drug-likeness (QED) is 0.789. The summed E-state index contributed by atoms with van der Waals surface area (Å²) in [6.45, 7) is 1.84. The minimum absolute atomic E-state index is 0.312. The molecule has 5 heteroatoms. The van der Waals surface area contributed by atoms with E-state index in [1.54, 1.807) is 12.1 Å². The van der Waals surface area contributed by atoms with E-state index >= 15 is 0 Å². The Balaban J connectivity index is 2.50. The molecular weight excluding hydrogens is 293 g/mol. The molecule has 0 amide bonds. The summed E-state index contributed by atoms with van der Waals surface area (Å²) >= 11 is 4.54. The van der Waals surface area contributed by atoms with Gasteiger partial charge in [0.05, 0.1) is 4.47 Å². The Bertz CT molecular complexity index is 553. The molecule has 0 spiro atoms. The summed E-state index contributed by atoms with van der Waals surface area (Å²) in [7, 11) is 0. The van der Waals surface area contributed by atoms with E-state index in [-0.39, 0.29) is 5.82 Å². The van der Waals surface area contributed by atoms with Gasteiger partial charge in [0, 0.05) is 10.4 Å². The number of aryl methyl sites for hydroxylation is 1. The van der Waals surface area contributed by atoms with Crippen molar-refractivity contribution in [2.45, 2.75) is 6.92 Å². The number of carbonyl (C=O) groups excluding carboxylic acids is 1. The number of carbonyl (C=O) groups is 1. The van der Waals surface area contributed by atoms with Gasteiger partial charge in [0.15, 0.2) is 6.29 Å². The first-order valence-electron chi connectivity index (χ1n) is 4.50. The molecule has 0 fully saturated rings. The Morgan fingerprint density at radius 3 is 2.81 bits per heavy atom. The largest absolute Gasteiger partial charge is 0.296 e. The molecule has 0 radical (unpaired) electrons. The average molecular weight is 300 g/mol. The van der Waals surface area contributed by atoms with Gasteiger partial charge in [0.1, 0.15) is 16.5 Å². The summed E-state index contributed by atoms with van der Waals surface area (Å²) in [5.74, 6) is -0.312. The van der Waals surface area contributed by atoms with E-state index in [0.717, 1.165) is 21.7 Å². The molecule has 16 heavy (non-hydrogen) atoms. The molecule has 1 aromatic carbocycles.